The fourth-order valence-corrected chi connectivity index (χ4v) is 2.29. The van der Waals surface area contributed by atoms with Crippen molar-refractivity contribution in [3.05, 3.63) is 71.8 Å². The lowest BCUT2D eigenvalue weighted by molar-refractivity contribution is -0.118. The van der Waals surface area contributed by atoms with E-state index in [0.29, 0.717) is 19.3 Å². The minimum absolute atomic E-state index is 0.158. The molecule has 0 saturated carbocycles. The monoisotopic (exact) mass is 280 g/mol. The van der Waals surface area contributed by atoms with Gasteiger partial charge in [0.25, 0.3) is 0 Å². The van der Waals surface area contributed by atoms with E-state index in [0.717, 1.165) is 24.0 Å². The highest BCUT2D eigenvalue weighted by molar-refractivity contribution is 5.95. The third-order valence-corrected chi connectivity index (χ3v) is 3.45. The first-order chi connectivity index (χ1) is 10.3. The average Bonchev–Trinajstić information content (AvgIpc) is 2.53. The van der Waals surface area contributed by atoms with Crippen LogP contribution < -0.4 is 0 Å². The van der Waals surface area contributed by atoms with Crippen LogP contribution in [0.25, 0.3) is 0 Å². The molecule has 0 spiro atoms. The Morgan fingerprint density at radius 1 is 0.714 bits per heavy atom. The van der Waals surface area contributed by atoms with Crippen LogP contribution in [-0.4, -0.2) is 11.6 Å². The van der Waals surface area contributed by atoms with Crippen LogP contribution in [-0.2, 0) is 11.2 Å². The van der Waals surface area contributed by atoms with E-state index in [9.17, 15) is 9.59 Å². The third-order valence-electron chi connectivity index (χ3n) is 3.45. The summed E-state index contributed by atoms with van der Waals surface area (Å²) in [4.78, 5) is 23.7. The molecule has 108 valence electrons. The number of Topliss-reactive ketones (excluding diaryl/α,β-unsaturated/α-hetero) is 2. The molecule has 0 fully saturated rings. The summed E-state index contributed by atoms with van der Waals surface area (Å²) >= 11 is 0. The lowest BCUT2D eigenvalue weighted by Gasteiger charge is -2.02. The topological polar surface area (TPSA) is 34.1 Å². The van der Waals surface area contributed by atoms with Crippen molar-refractivity contribution in [2.45, 2.75) is 32.1 Å². The van der Waals surface area contributed by atoms with Gasteiger partial charge in [0.05, 0.1) is 0 Å². The van der Waals surface area contributed by atoms with Gasteiger partial charge in [-0.3, -0.25) is 9.59 Å². The summed E-state index contributed by atoms with van der Waals surface area (Å²) in [6.45, 7) is 0. The zero-order valence-corrected chi connectivity index (χ0v) is 12.1. The highest BCUT2D eigenvalue weighted by atomic mass is 16.1. The molecule has 0 aliphatic rings. The van der Waals surface area contributed by atoms with E-state index in [2.05, 4.69) is 0 Å². The van der Waals surface area contributed by atoms with Crippen LogP contribution >= 0.6 is 0 Å². The van der Waals surface area contributed by atoms with Gasteiger partial charge in [0, 0.05) is 24.8 Å². The van der Waals surface area contributed by atoms with Crippen LogP contribution in [0.2, 0.25) is 0 Å². The molecular weight excluding hydrogens is 260 g/mol. The standard InChI is InChI=1S/C19H20O2/c20-18(15-16-9-3-1-4-10-16)13-7-8-14-19(21)17-11-5-2-6-12-17/h1-6,9-12H,7-8,13-15H2. The van der Waals surface area contributed by atoms with Gasteiger partial charge in [-0.1, -0.05) is 60.7 Å². The number of benzene rings is 2. The number of unbranched alkanes of at least 4 members (excludes halogenated alkanes) is 1. The van der Waals surface area contributed by atoms with E-state index in [1.54, 1.807) is 0 Å². The Kier molecular flexibility index (Phi) is 5.89. The largest absolute Gasteiger partial charge is 0.299 e. The van der Waals surface area contributed by atoms with E-state index >= 15 is 0 Å². The minimum Gasteiger partial charge on any atom is -0.299 e. The Hall–Kier alpha value is -2.22. The number of carbonyl (C=O) groups excluding carboxylic acids is 2. The van der Waals surface area contributed by atoms with Gasteiger partial charge in [-0.15, -0.1) is 0 Å². The summed E-state index contributed by atoms with van der Waals surface area (Å²) in [6.07, 6.45) is 3.12. The molecule has 0 N–H and O–H groups in total. The summed E-state index contributed by atoms with van der Waals surface area (Å²) < 4.78 is 0. The van der Waals surface area contributed by atoms with Gasteiger partial charge >= 0.3 is 0 Å². The number of hydrogen-bond donors (Lipinski definition) is 0. The second-order valence-electron chi connectivity index (χ2n) is 5.20. The molecule has 0 aliphatic carbocycles. The molecule has 2 aromatic rings. The SMILES string of the molecule is O=C(CCCCC(=O)c1ccccc1)Cc1ccccc1. The van der Waals surface area contributed by atoms with E-state index in [1.807, 2.05) is 60.7 Å². The Bertz CT molecular complexity index is 573. The maximum absolute atomic E-state index is 11.9. The van der Waals surface area contributed by atoms with Gasteiger partial charge in [-0.05, 0) is 18.4 Å². The van der Waals surface area contributed by atoms with E-state index in [1.165, 1.54) is 0 Å². The Morgan fingerprint density at radius 2 is 1.29 bits per heavy atom. The summed E-state index contributed by atoms with van der Waals surface area (Å²) in [5, 5.41) is 0. The normalized spacial score (nSPS) is 10.3. The number of ketones is 2. The summed E-state index contributed by atoms with van der Waals surface area (Å²) in [5.41, 5.74) is 1.82. The fraction of sp³-hybridized carbons (Fsp3) is 0.263. The van der Waals surface area contributed by atoms with E-state index in [-0.39, 0.29) is 11.6 Å². The van der Waals surface area contributed by atoms with Crippen LogP contribution in [0.1, 0.15) is 41.6 Å². The molecular formula is C19H20O2. The first-order valence-corrected chi connectivity index (χ1v) is 7.39. The second kappa shape index (κ2) is 8.15. The van der Waals surface area contributed by atoms with Crippen molar-refractivity contribution in [1.29, 1.82) is 0 Å². The molecule has 0 aromatic heterocycles. The van der Waals surface area contributed by atoms with Crippen LogP contribution in [0.15, 0.2) is 60.7 Å². The van der Waals surface area contributed by atoms with Crippen molar-refractivity contribution in [2.24, 2.45) is 0 Å². The predicted molar refractivity (Wildman–Crippen MR) is 84.4 cm³/mol. The number of rotatable bonds is 8. The molecule has 0 amide bonds. The van der Waals surface area contributed by atoms with Gasteiger partial charge in [0.15, 0.2) is 5.78 Å². The summed E-state index contributed by atoms with van der Waals surface area (Å²) in [6, 6.07) is 19.1. The average molecular weight is 280 g/mol. The third kappa shape index (κ3) is 5.35. The first kappa shape index (κ1) is 15.2. The second-order valence-corrected chi connectivity index (χ2v) is 5.20. The van der Waals surface area contributed by atoms with Crippen molar-refractivity contribution >= 4 is 11.6 Å². The zero-order valence-electron chi connectivity index (χ0n) is 12.1. The van der Waals surface area contributed by atoms with Crippen molar-refractivity contribution in [3.8, 4) is 0 Å². The molecule has 0 heterocycles. The summed E-state index contributed by atoms with van der Waals surface area (Å²) in [7, 11) is 0. The van der Waals surface area contributed by atoms with Crippen molar-refractivity contribution in [2.75, 3.05) is 0 Å². The smallest absolute Gasteiger partial charge is 0.162 e. The fourth-order valence-electron chi connectivity index (χ4n) is 2.29. The van der Waals surface area contributed by atoms with Crippen LogP contribution in [0.3, 0.4) is 0 Å². The van der Waals surface area contributed by atoms with Crippen molar-refractivity contribution < 1.29 is 9.59 Å². The van der Waals surface area contributed by atoms with E-state index in [4.69, 9.17) is 0 Å². The van der Waals surface area contributed by atoms with Crippen LogP contribution in [0.4, 0.5) is 0 Å². The Morgan fingerprint density at radius 3 is 1.95 bits per heavy atom. The van der Waals surface area contributed by atoms with Gasteiger partial charge < -0.3 is 0 Å². The molecule has 0 bridgehead atoms. The molecule has 2 rings (SSSR count). The van der Waals surface area contributed by atoms with E-state index < -0.39 is 0 Å². The molecule has 2 nitrogen and oxygen atoms in total. The molecule has 2 heteroatoms. The van der Waals surface area contributed by atoms with Crippen molar-refractivity contribution in [1.82, 2.24) is 0 Å². The number of hydrogen-bond acceptors (Lipinski definition) is 2. The van der Waals surface area contributed by atoms with Gasteiger partial charge in [-0.2, -0.15) is 0 Å². The quantitative estimate of drug-likeness (QED) is 0.535. The van der Waals surface area contributed by atoms with Gasteiger partial charge in [0.1, 0.15) is 5.78 Å². The predicted octanol–water partition coefficient (Wildman–Crippen LogP) is 4.24. The lowest BCUT2D eigenvalue weighted by Crippen LogP contribution is -2.03. The molecule has 21 heavy (non-hydrogen) atoms. The molecule has 0 atom stereocenters. The highest BCUT2D eigenvalue weighted by Crippen LogP contribution is 2.10. The van der Waals surface area contributed by atoms with Crippen LogP contribution in [0.5, 0.6) is 0 Å². The molecule has 2 aromatic carbocycles. The lowest BCUT2D eigenvalue weighted by atomic mass is 10.0. The maximum atomic E-state index is 11.9. The minimum atomic E-state index is 0.158. The molecule has 0 radical (unpaired) electrons. The number of carbonyl (C=O) groups is 2. The zero-order chi connectivity index (χ0) is 14.9. The van der Waals surface area contributed by atoms with Crippen molar-refractivity contribution in [3.63, 3.8) is 0 Å². The summed E-state index contributed by atoms with van der Waals surface area (Å²) in [5.74, 6) is 0.402. The van der Waals surface area contributed by atoms with Gasteiger partial charge in [-0.25, -0.2) is 0 Å². The van der Waals surface area contributed by atoms with Crippen LogP contribution in [0, 0.1) is 0 Å². The molecule has 0 saturated heterocycles. The highest BCUT2D eigenvalue weighted by Gasteiger charge is 2.07. The molecule has 0 unspecified atom stereocenters. The molecule has 0 aliphatic heterocycles. The first-order valence-electron chi connectivity index (χ1n) is 7.39. The Balaban J connectivity index is 1.66. The van der Waals surface area contributed by atoms with Gasteiger partial charge in [0.2, 0.25) is 0 Å². The maximum Gasteiger partial charge on any atom is 0.162 e. The Labute approximate surface area is 125 Å².